The Labute approximate surface area is 98.9 Å². The average Bonchev–Trinajstić information content (AvgIpc) is 2.39. The highest BCUT2D eigenvalue weighted by molar-refractivity contribution is 7.88. The Morgan fingerprint density at radius 3 is 2.12 bits per heavy atom. The van der Waals surface area contributed by atoms with Gasteiger partial charge < -0.3 is 0 Å². The Kier molecular flexibility index (Phi) is 3.53. The predicted molar refractivity (Wildman–Crippen MR) is 60.6 cm³/mol. The lowest BCUT2D eigenvalue weighted by molar-refractivity contribution is -0.135. The summed E-state index contributed by atoms with van der Waals surface area (Å²) in [6.45, 7) is 3.35. The van der Waals surface area contributed by atoms with Crippen LogP contribution < -0.4 is 15.4 Å². The first-order valence-corrected chi connectivity index (χ1v) is 6.64. The highest BCUT2D eigenvalue weighted by Gasteiger charge is 2.27. The van der Waals surface area contributed by atoms with E-state index in [0.717, 1.165) is 6.26 Å². The second-order valence-corrected chi connectivity index (χ2v) is 6.08. The van der Waals surface area contributed by atoms with Gasteiger partial charge in [0.2, 0.25) is 16.0 Å². The molecule has 96 valence electrons. The van der Waals surface area contributed by atoms with Crippen molar-refractivity contribution in [1.82, 2.24) is 15.4 Å². The van der Waals surface area contributed by atoms with Crippen LogP contribution in [0.25, 0.3) is 0 Å². The van der Waals surface area contributed by atoms with Gasteiger partial charge in [-0.2, -0.15) is 0 Å². The summed E-state index contributed by atoms with van der Waals surface area (Å²) in [6.07, 6.45) is 1.04. The molecular formula is C8H14N4O4S. The Hall–Kier alpha value is -1.48. The standard InChI is InChI=1S/C8H14N4O4S/c1-8(2,12-17(3,15)16)4-9-7-10-5(13)6(14)11-7/h12H,4H2,1-3H3,(H2,9,10,11,13,14). The molecule has 8 nitrogen and oxygen atoms in total. The van der Waals surface area contributed by atoms with E-state index in [-0.39, 0.29) is 12.5 Å². The molecule has 0 bridgehead atoms. The Balaban J connectivity index is 2.64. The van der Waals surface area contributed by atoms with E-state index in [1.54, 1.807) is 13.8 Å². The number of hydrogen-bond donors (Lipinski definition) is 3. The lowest BCUT2D eigenvalue weighted by Gasteiger charge is -2.22. The summed E-state index contributed by atoms with van der Waals surface area (Å²) in [5.41, 5.74) is -0.807. The minimum Gasteiger partial charge on any atom is -0.288 e. The summed E-state index contributed by atoms with van der Waals surface area (Å²) in [4.78, 5) is 25.6. The van der Waals surface area contributed by atoms with Gasteiger partial charge in [-0.25, -0.2) is 13.1 Å². The normalized spacial score (nSPS) is 16.8. The molecule has 0 aromatic rings. The summed E-state index contributed by atoms with van der Waals surface area (Å²) >= 11 is 0. The molecule has 0 unspecified atom stereocenters. The van der Waals surface area contributed by atoms with Gasteiger partial charge >= 0.3 is 11.8 Å². The number of amides is 2. The van der Waals surface area contributed by atoms with Crippen LogP contribution in [0.3, 0.4) is 0 Å². The van der Waals surface area contributed by atoms with Gasteiger partial charge in [0.15, 0.2) is 0 Å². The van der Waals surface area contributed by atoms with Crippen molar-refractivity contribution in [1.29, 1.82) is 0 Å². The maximum atomic E-state index is 11.0. The maximum Gasteiger partial charge on any atom is 0.316 e. The highest BCUT2D eigenvalue weighted by atomic mass is 32.2. The van der Waals surface area contributed by atoms with E-state index in [2.05, 4.69) is 20.3 Å². The number of carbonyl (C=O) groups is 2. The Morgan fingerprint density at radius 1 is 1.24 bits per heavy atom. The molecule has 0 aliphatic carbocycles. The fourth-order valence-corrected chi connectivity index (χ4v) is 2.32. The zero-order chi connectivity index (χ0) is 13.3. The summed E-state index contributed by atoms with van der Waals surface area (Å²) in [6, 6.07) is 0. The van der Waals surface area contributed by atoms with Gasteiger partial charge in [0.05, 0.1) is 12.8 Å². The second kappa shape index (κ2) is 4.41. The zero-order valence-electron chi connectivity index (χ0n) is 9.70. The second-order valence-electron chi connectivity index (χ2n) is 4.33. The van der Waals surface area contributed by atoms with Gasteiger partial charge in [-0.15, -0.1) is 0 Å². The number of carbonyl (C=O) groups excluding carboxylic acids is 2. The van der Waals surface area contributed by atoms with Crippen LogP contribution in [-0.2, 0) is 19.6 Å². The van der Waals surface area contributed by atoms with Crippen molar-refractivity contribution in [3.8, 4) is 0 Å². The molecule has 0 radical (unpaired) electrons. The zero-order valence-corrected chi connectivity index (χ0v) is 10.5. The smallest absolute Gasteiger partial charge is 0.288 e. The number of nitrogens with zero attached hydrogens (tertiary/aromatic N) is 1. The fourth-order valence-electron chi connectivity index (χ4n) is 1.25. The quantitative estimate of drug-likeness (QED) is 0.504. The summed E-state index contributed by atoms with van der Waals surface area (Å²) < 4.78 is 24.5. The first-order chi connectivity index (χ1) is 7.59. The average molecular weight is 262 g/mol. The van der Waals surface area contributed by atoms with Gasteiger partial charge in [0.1, 0.15) is 0 Å². The highest BCUT2D eigenvalue weighted by Crippen LogP contribution is 2.04. The van der Waals surface area contributed by atoms with Crippen molar-refractivity contribution >= 4 is 27.8 Å². The van der Waals surface area contributed by atoms with E-state index in [1.165, 1.54) is 0 Å². The minimum absolute atomic E-state index is 0.0309. The van der Waals surface area contributed by atoms with Crippen LogP contribution in [0.1, 0.15) is 13.8 Å². The molecule has 17 heavy (non-hydrogen) atoms. The molecule has 1 rings (SSSR count). The molecule has 9 heteroatoms. The van der Waals surface area contributed by atoms with Crippen LogP contribution in [0.15, 0.2) is 4.99 Å². The van der Waals surface area contributed by atoms with Gasteiger partial charge in [-0.3, -0.25) is 25.2 Å². The SMILES string of the molecule is CC(C)(CN=C1NC(=O)C(=O)N1)NS(C)(=O)=O. The molecule has 0 atom stereocenters. The largest absolute Gasteiger partial charge is 0.316 e. The van der Waals surface area contributed by atoms with Crippen LogP contribution in [-0.4, -0.2) is 44.5 Å². The van der Waals surface area contributed by atoms with E-state index >= 15 is 0 Å². The van der Waals surface area contributed by atoms with E-state index in [0.29, 0.717) is 0 Å². The molecule has 0 aromatic heterocycles. The third kappa shape index (κ3) is 4.49. The van der Waals surface area contributed by atoms with Crippen LogP contribution in [0.4, 0.5) is 0 Å². The molecular weight excluding hydrogens is 248 g/mol. The topological polar surface area (TPSA) is 117 Å². The third-order valence-electron chi connectivity index (χ3n) is 1.76. The van der Waals surface area contributed by atoms with Gasteiger partial charge in [0.25, 0.3) is 0 Å². The number of nitrogens with one attached hydrogen (secondary N) is 3. The molecule has 1 aliphatic heterocycles. The Bertz CT molecular complexity index is 462. The number of rotatable bonds is 4. The van der Waals surface area contributed by atoms with Crippen LogP contribution >= 0.6 is 0 Å². The van der Waals surface area contributed by atoms with Gasteiger partial charge in [0, 0.05) is 5.54 Å². The van der Waals surface area contributed by atoms with Crippen molar-refractivity contribution in [2.75, 3.05) is 12.8 Å². The van der Waals surface area contributed by atoms with E-state index < -0.39 is 27.4 Å². The molecule has 0 spiro atoms. The summed E-state index contributed by atoms with van der Waals surface area (Å²) in [5, 5.41) is 4.42. The van der Waals surface area contributed by atoms with Crippen LogP contribution in [0.5, 0.6) is 0 Å². The van der Waals surface area contributed by atoms with E-state index in [4.69, 9.17) is 0 Å². The van der Waals surface area contributed by atoms with Crippen molar-refractivity contribution in [2.45, 2.75) is 19.4 Å². The van der Waals surface area contributed by atoms with Crippen LogP contribution in [0.2, 0.25) is 0 Å². The molecule has 2 amide bonds. The number of guanidine groups is 1. The third-order valence-corrected chi connectivity index (χ3v) is 2.69. The van der Waals surface area contributed by atoms with Crippen molar-refractivity contribution < 1.29 is 18.0 Å². The Morgan fingerprint density at radius 2 is 1.71 bits per heavy atom. The van der Waals surface area contributed by atoms with E-state index in [1.807, 2.05) is 0 Å². The van der Waals surface area contributed by atoms with E-state index in [9.17, 15) is 18.0 Å². The summed E-state index contributed by atoms with van der Waals surface area (Å²) in [5.74, 6) is -1.53. The summed E-state index contributed by atoms with van der Waals surface area (Å²) in [7, 11) is -3.34. The maximum absolute atomic E-state index is 11.0. The molecule has 1 aliphatic rings. The molecule has 1 heterocycles. The van der Waals surface area contributed by atoms with Crippen molar-refractivity contribution in [3.05, 3.63) is 0 Å². The number of sulfonamides is 1. The lowest BCUT2D eigenvalue weighted by atomic mass is 10.1. The number of aliphatic imine (C=N–C) groups is 1. The molecule has 3 N–H and O–H groups in total. The molecule has 1 fully saturated rings. The number of hydrogen-bond acceptors (Lipinski definition) is 5. The molecule has 0 aromatic carbocycles. The van der Waals surface area contributed by atoms with Gasteiger partial charge in [-0.05, 0) is 13.8 Å². The van der Waals surface area contributed by atoms with Crippen molar-refractivity contribution in [2.24, 2.45) is 4.99 Å². The predicted octanol–water partition coefficient (Wildman–Crippen LogP) is -2.08. The lowest BCUT2D eigenvalue weighted by Crippen LogP contribution is -2.46. The minimum atomic E-state index is -3.34. The molecule has 0 saturated carbocycles. The first kappa shape index (κ1) is 13.6. The monoisotopic (exact) mass is 262 g/mol. The van der Waals surface area contributed by atoms with Crippen molar-refractivity contribution in [3.63, 3.8) is 0 Å². The fraction of sp³-hybridized carbons (Fsp3) is 0.625. The van der Waals surface area contributed by atoms with Crippen LogP contribution in [0, 0.1) is 0 Å². The first-order valence-electron chi connectivity index (χ1n) is 4.75. The molecule has 1 saturated heterocycles. The van der Waals surface area contributed by atoms with Gasteiger partial charge in [-0.1, -0.05) is 0 Å².